The highest BCUT2D eigenvalue weighted by molar-refractivity contribution is 5.69. The van der Waals surface area contributed by atoms with E-state index in [1.165, 1.54) is 12.8 Å². The predicted molar refractivity (Wildman–Crippen MR) is 107 cm³/mol. The van der Waals surface area contributed by atoms with Crippen LogP contribution in [-0.2, 0) is 7.05 Å². The highest BCUT2D eigenvalue weighted by Crippen LogP contribution is 2.41. The summed E-state index contributed by atoms with van der Waals surface area (Å²) in [6.45, 7) is 0.141. The molecule has 1 saturated carbocycles. The van der Waals surface area contributed by atoms with E-state index in [2.05, 4.69) is 16.0 Å². The molecule has 0 radical (unpaired) electrons. The van der Waals surface area contributed by atoms with Gasteiger partial charge in [0.05, 0.1) is 17.5 Å². The molecule has 1 aliphatic rings. The summed E-state index contributed by atoms with van der Waals surface area (Å²) in [5.41, 5.74) is 9.50. The van der Waals surface area contributed by atoms with Crippen LogP contribution in [0.2, 0.25) is 0 Å². The third-order valence-corrected chi connectivity index (χ3v) is 4.88. The summed E-state index contributed by atoms with van der Waals surface area (Å²) in [5, 5.41) is 14.6. The molecule has 0 bridgehead atoms. The second-order valence-electron chi connectivity index (χ2n) is 6.99. The molecule has 142 valence electrons. The lowest BCUT2D eigenvalue weighted by molar-refractivity contribution is 0.186. The van der Waals surface area contributed by atoms with Crippen LogP contribution in [-0.4, -0.2) is 26.4 Å². The van der Waals surface area contributed by atoms with Gasteiger partial charge in [-0.3, -0.25) is 4.98 Å². The third-order valence-electron chi connectivity index (χ3n) is 4.88. The van der Waals surface area contributed by atoms with Gasteiger partial charge in [0, 0.05) is 42.9 Å². The quantitative estimate of drug-likeness (QED) is 0.648. The number of hydrogen-bond donors (Lipinski definition) is 2. The number of nitrogens with zero attached hydrogens (tertiary/aromatic N) is 3. The number of rotatable bonds is 6. The number of aryl methyl sites for hydroxylation is 1. The Morgan fingerprint density at radius 2 is 2.14 bits per heavy atom. The van der Waals surface area contributed by atoms with E-state index in [0.29, 0.717) is 34.4 Å². The number of terminal acetylenes is 1. The number of aliphatic hydroxyl groups excluding tert-OH is 1. The van der Waals surface area contributed by atoms with Crippen LogP contribution in [0.4, 0.5) is 0 Å². The van der Waals surface area contributed by atoms with E-state index < -0.39 is 6.10 Å². The van der Waals surface area contributed by atoms with E-state index in [1.807, 2.05) is 37.4 Å². The van der Waals surface area contributed by atoms with E-state index in [4.69, 9.17) is 16.9 Å². The van der Waals surface area contributed by atoms with Gasteiger partial charge in [-0.15, -0.1) is 6.42 Å². The maximum atomic E-state index is 10.1. The molecule has 0 saturated heterocycles. The van der Waals surface area contributed by atoms with Gasteiger partial charge in [-0.25, -0.2) is 4.68 Å². The Hall–Kier alpha value is -3.14. The second kappa shape index (κ2) is 7.47. The minimum Gasteiger partial charge on any atom is -0.439 e. The number of hydrogen-bond acceptors (Lipinski definition) is 5. The highest BCUT2D eigenvalue weighted by atomic mass is 16.5. The normalized spacial score (nSPS) is 14.5. The summed E-state index contributed by atoms with van der Waals surface area (Å²) in [7, 11) is 1.86. The summed E-state index contributed by atoms with van der Waals surface area (Å²) in [6, 6.07) is 11.1. The van der Waals surface area contributed by atoms with Crippen LogP contribution in [0.1, 0.15) is 41.7 Å². The Morgan fingerprint density at radius 1 is 1.32 bits per heavy atom. The number of pyridine rings is 1. The summed E-state index contributed by atoms with van der Waals surface area (Å²) in [6.07, 6.45) is 8.84. The van der Waals surface area contributed by atoms with Crippen molar-refractivity contribution >= 4 is 0 Å². The lowest BCUT2D eigenvalue weighted by Crippen LogP contribution is -2.11. The molecule has 1 aliphatic carbocycles. The Kier molecular flexibility index (Phi) is 4.86. The fraction of sp³-hybridized carbons (Fsp3) is 0.273. The van der Waals surface area contributed by atoms with Crippen LogP contribution in [0.3, 0.4) is 0 Å². The predicted octanol–water partition coefficient (Wildman–Crippen LogP) is 3.13. The van der Waals surface area contributed by atoms with Crippen LogP contribution in [0.15, 0.2) is 42.6 Å². The molecular formula is C22H22N4O2. The third kappa shape index (κ3) is 3.63. The SMILES string of the molecule is C#Cc1ccc(-c2cc(C(O)CN)ccn2)c(Oc2cc(C3CC3)nn2C)c1. The minimum absolute atomic E-state index is 0.141. The van der Waals surface area contributed by atoms with Gasteiger partial charge in [0.15, 0.2) is 0 Å². The Labute approximate surface area is 164 Å². The minimum atomic E-state index is -0.741. The van der Waals surface area contributed by atoms with E-state index in [1.54, 1.807) is 16.9 Å². The number of benzene rings is 1. The molecule has 28 heavy (non-hydrogen) atoms. The van der Waals surface area contributed by atoms with E-state index in [9.17, 15) is 5.11 Å². The lowest BCUT2D eigenvalue weighted by Gasteiger charge is -2.13. The second-order valence-corrected chi connectivity index (χ2v) is 6.99. The Bertz CT molecular complexity index is 1050. The molecule has 2 aromatic heterocycles. The molecule has 0 amide bonds. The molecule has 1 unspecified atom stereocenters. The first kappa shape index (κ1) is 18.2. The molecule has 1 fully saturated rings. The maximum Gasteiger partial charge on any atom is 0.217 e. The fourth-order valence-electron chi connectivity index (χ4n) is 3.10. The molecule has 2 heterocycles. The molecule has 0 spiro atoms. The summed E-state index contributed by atoms with van der Waals surface area (Å²) < 4.78 is 7.94. The van der Waals surface area contributed by atoms with Gasteiger partial charge in [-0.05, 0) is 48.7 Å². The maximum absolute atomic E-state index is 10.1. The van der Waals surface area contributed by atoms with Crippen molar-refractivity contribution in [2.24, 2.45) is 12.8 Å². The van der Waals surface area contributed by atoms with Crippen molar-refractivity contribution in [3.63, 3.8) is 0 Å². The van der Waals surface area contributed by atoms with Gasteiger partial charge in [0.2, 0.25) is 5.88 Å². The zero-order valence-electron chi connectivity index (χ0n) is 15.7. The number of aromatic nitrogens is 3. The van der Waals surface area contributed by atoms with Crippen molar-refractivity contribution in [3.8, 4) is 35.2 Å². The Morgan fingerprint density at radius 3 is 2.86 bits per heavy atom. The summed E-state index contributed by atoms with van der Waals surface area (Å²) in [4.78, 5) is 4.44. The molecule has 3 N–H and O–H groups in total. The van der Waals surface area contributed by atoms with Gasteiger partial charge in [-0.1, -0.05) is 5.92 Å². The van der Waals surface area contributed by atoms with Gasteiger partial charge >= 0.3 is 0 Å². The van der Waals surface area contributed by atoms with Crippen molar-refractivity contribution in [3.05, 3.63) is 59.4 Å². The molecule has 4 rings (SSSR count). The van der Waals surface area contributed by atoms with Crippen molar-refractivity contribution < 1.29 is 9.84 Å². The van der Waals surface area contributed by atoms with Crippen molar-refractivity contribution in [2.75, 3.05) is 6.54 Å². The van der Waals surface area contributed by atoms with Crippen LogP contribution < -0.4 is 10.5 Å². The highest BCUT2D eigenvalue weighted by Gasteiger charge is 2.27. The average molecular weight is 374 g/mol. The standard InChI is InChI=1S/C22H22N4O2/c1-3-14-4-7-17(19-11-16(8-9-24-19)20(27)13-23)21(10-14)28-22-12-18(15-5-6-15)25-26(22)2/h1,4,7-12,15,20,27H,5-6,13,23H2,2H3. The van der Waals surface area contributed by atoms with Crippen LogP contribution in [0.25, 0.3) is 11.3 Å². The van der Waals surface area contributed by atoms with Crippen molar-refractivity contribution in [1.82, 2.24) is 14.8 Å². The first-order valence-electron chi connectivity index (χ1n) is 9.26. The van der Waals surface area contributed by atoms with E-state index in [-0.39, 0.29) is 6.54 Å². The van der Waals surface area contributed by atoms with Crippen LogP contribution in [0, 0.1) is 12.3 Å². The lowest BCUT2D eigenvalue weighted by atomic mass is 10.0. The molecule has 0 aliphatic heterocycles. The summed E-state index contributed by atoms with van der Waals surface area (Å²) in [5.74, 6) is 4.42. The topological polar surface area (TPSA) is 86.2 Å². The van der Waals surface area contributed by atoms with E-state index >= 15 is 0 Å². The first-order valence-corrected chi connectivity index (χ1v) is 9.26. The molecule has 3 aromatic rings. The van der Waals surface area contributed by atoms with E-state index in [0.717, 1.165) is 11.3 Å². The molecule has 1 aromatic carbocycles. The van der Waals surface area contributed by atoms with Crippen LogP contribution in [0.5, 0.6) is 11.6 Å². The monoisotopic (exact) mass is 374 g/mol. The zero-order valence-corrected chi connectivity index (χ0v) is 15.7. The Balaban J connectivity index is 1.74. The zero-order chi connectivity index (χ0) is 19.7. The number of nitrogens with two attached hydrogens (primary N) is 1. The smallest absolute Gasteiger partial charge is 0.217 e. The first-order chi connectivity index (χ1) is 13.6. The molecular weight excluding hydrogens is 352 g/mol. The van der Waals surface area contributed by atoms with Crippen LogP contribution >= 0.6 is 0 Å². The number of ether oxygens (including phenoxy) is 1. The van der Waals surface area contributed by atoms with Gasteiger partial charge in [-0.2, -0.15) is 5.10 Å². The van der Waals surface area contributed by atoms with Gasteiger partial charge < -0.3 is 15.6 Å². The summed E-state index contributed by atoms with van der Waals surface area (Å²) >= 11 is 0. The van der Waals surface area contributed by atoms with Gasteiger partial charge in [0.1, 0.15) is 5.75 Å². The molecule has 1 atom stereocenters. The molecule has 6 nitrogen and oxygen atoms in total. The number of aliphatic hydroxyl groups is 1. The molecule has 6 heteroatoms. The van der Waals surface area contributed by atoms with Crippen molar-refractivity contribution in [2.45, 2.75) is 24.9 Å². The van der Waals surface area contributed by atoms with Gasteiger partial charge in [0.25, 0.3) is 0 Å². The average Bonchev–Trinajstić information content (AvgIpc) is 3.51. The fourth-order valence-corrected chi connectivity index (χ4v) is 3.10. The largest absolute Gasteiger partial charge is 0.439 e. The van der Waals surface area contributed by atoms with Crippen molar-refractivity contribution in [1.29, 1.82) is 0 Å².